The standard InChI is InChI=1S/C15H25NO3/c1-10(2)9-11(3)16(4)14(17)12-7-5-6-8-13(12)15(18)19/h5-6,10-13H,7-9H2,1-4H3,(H,18,19)/t11?,12-,13+/m1/s1. The molecule has 19 heavy (non-hydrogen) atoms. The Hall–Kier alpha value is -1.32. The van der Waals surface area contributed by atoms with E-state index in [-0.39, 0.29) is 11.9 Å². The molecular weight excluding hydrogens is 242 g/mol. The fourth-order valence-corrected chi connectivity index (χ4v) is 2.68. The van der Waals surface area contributed by atoms with Crippen molar-refractivity contribution in [1.29, 1.82) is 0 Å². The Morgan fingerprint density at radius 1 is 1.21 bits per heavy atom. The van der Waals surface area contributed by atoms with Crippen LogP contribution < -0.4 is 0 Å². The van der Waals surface area contributed by atoms with Crippen molar-refractivity contribution in [3.8, 4) is 0 Å². The maximum atomic E-state index is 12.5. The van der Waals surface area contributed by atoms with Gasteiger partial charge in [-0.3, -0.25) is 9.59 Å². The van der Waals surface area contributed by atoms with Gasteiger partial charge in [-0.15, -0.1) is 0 Å². The van der Waals surface area contributed by atoms with Crippen molar-refractivity contribution in [3.63, 3.8) is 0 Å². The molecule has 0 spiro atoms. The van der Waals surface area contributed by atoms with E-state index in [9.17, 15) is 14.7 Å². The van der Waals surface area contributed by atoms with Crippen LogP contribution >= 0.6 is 0 Å². The molecule has 1 aliphatic carbocycles. The summed E-state index contributed by atoms with van der Waals surface area (Å²) in [7, 11) is 1.78. The molecule has 0 aromatic rings. The van der Waals surface area contributed by atoms with Gasteiger partial charge in [0.1, 0.15) is 0 Å². The Kier molecular flexibility index (Phi) is 5.58. The highest BCUT2D eigenvalue weighted by molar-refractivity contribution is 5.85. The van der Waals surface area contributed by atoms with Crippen molar-refractivity contribution < 1.29 is 14.7 Å². The molecule has 4 heteroatoms. The highest BCUT2D eigenvalue weighted by atomic mass is 16.4. The first-order valence-corrected chi connectivity index (χ1v) is 6.99. The van der Waals surface area contributed by atoms with Crippen LogP contribution in [0.25, 0.3) is 0 Å². The predicted octanol–water partition coefficient (Wildman–Crippen LogP) is 2.55. The smallest absolute Gasteiger partial charge is 0.307 e. The molecule has 0 saturated heterocycles. The van der Waals surface area contributed by atoms with Crippen LogP contribution in [-0.2, 0) is 9.59 Å². The number of carboxylic acid groups (broad SMARTS) is 1. The lowest BCUT2D eigenvalue weighted by atomic mass is 9.82. The Morgan fingerprint density at radius 2 is 1.74 bits per heavy atom. The van der Waals surface area contributed by atoms with Crippen LogP contribution in [0, 0.1) is 17.8 Å². The number of carboxylic acids is 1. The van der Waals surface area contributed by atoms with Gasteiger partial charge in [0.25, 0.3) is 0 Å². The molecule has 108 valence electrons. The summed E-state index contributed by atoms with van der Waals surface area (Å²) in [6.45, 7) is 6.27. The average Bonchev–Trinajstić information content (AvgIpc) is 2.36. The van der Waals surface area contributed by atoms with Gasteiger partial charge in [-0.2, -0.15) is 0 Å². The number of carbonyl (C=O) groups excluding carboxylic acids is 1. The third-order valence-corrected chi connectivity index (χ3v) is 3.89. The second-order valence-electron chi connectivity index (χ2n) is 5.92. The largest absolute Gasteiger partial charge is 0.481 e. The van der Waals surface area contributed by atoms with E-state index in [0.29, 0.717) is 18.8 Å². The maximum absolute atomic E-state index is 12.5. The van der Waals surface area contributed by atoms with E-state index < -0.39 is 17.8 Å². The minimum Gasteiger partial charge on any atom is -0.481 e. The predicted molar refractivity (Wildman–Crippen MR) is 74.7 cm³/mol. The Balaban J connectivity index is 2.74. The zero-order chi connectivity index (χ0) is 14.6. The zero-order valence-electron chi connectivity index (χ0n) is 12.3. The first-order chi connectivity index (χ1) is 8.84. The third-order valence-electron chi connectivity index (χ3n) is 3.89. The molecule has 3 atom stereocenters. The molecule has 1 amide bonds. The zero-order valence-corrected chi connectivity index (χ0v) is 12.3. The Bertz CT molecular complexity index is 362. The number of hydrogen-bond donors (Lipinski definition) is 1. The van der Waals surface area contributed by atoms with E-state index in [4.69, 9.17) is 0 Å². The molecular formula is C15H25NO3. The summed E-state index contributed by atoms with van der Waals surface area (Å²) in [6, 6.07) is 0.146. The molecule has 0 saturated carbocycles. The van der Waals surface area contributed by atoms with Gasteiger partial charge in [-0.25, -0.2) is 0 Å². The molecule has 1 aliphatic rings. The van der Waals surface area contributed by atoms with E-state index in [2.05, 4.69) is 13.8 Å². The molecule has 0 aromatic heterocycles. The first-order valence-electron chi connectivity index (χ1n) is 6.99. The summed E-state index contributed by atoms with van der Waals surface area (Å²) in [5, 5.41) is 9.22. The van der Waals surface area contributed by atoms with Gasteiger partial charge >= 0.3 is 5.97 Å². The van der Waals surface area contributed by atoms with Crippen molar-refractivity contribution in [2.45, 2.75) is 46.1 Å². The lowest BCUT2D eigenvalue weighted by Gasteiger charge is -2.32. The number of allylic oxidation sites excluding steroid dienone is 2. The summed E-state index contributed by atoms with van der Waals surface area (Å²) >= 11 is 0. The minimum absolute atomic E-state index is 0.0371. The molecule has 4 nitrogen and oxygen atoms in total. The van der Waals surface area contributed by atoms with E-state index in [0.717, 1.165) is 6.42 Å². The summed E-state index contributed by atoms with van der Waals surface area (Å²) in [5.74, 6) is -1.38. The summed E-state index contributed by atoms with van der Waals surface area (Å²) in [6.07, 6.45) is 5.71. The molecule has 0 radical (unpaired) electrons. The van der Waals surface area contributed by atoms with Crippen LogP contribution in [0.5, 0.6) is 0 Å². The fraction of sp³-hybridized carbons (Fsp3) is 0.733. The fourth-order valence-electron chi connectivity index (χ4n) is 2.68. The molecule has 1 unspecified atom stereocenters. The second kappa shape index (κ2) is 6.73. The van der Waals surface area contributed by atoms with Crippen molar-refractivity contribution in [3.05, 3.63) is 12.2 Å². The van der Waals surface area contributed by atoms with Gasteiger partial charge in [0.05, 0.1) is 11.8 Å². The normalized spacial score (nSPS) is 24.3. The lowest BCUT2D eigenvalue weighted by molar-refractivity contribution is -0.150. The molecule has 0 fully saturated rings. The Labute approximate surface area is 115 Å². The van der Waals surface area contributed by atoms with Crippen LogP contribution in [0.3, 0.4) is 0 Å². The van der Waals surface area contributed by atoms with Crippen molar-refractivity contribution in [2.24, 2.45) is 17.8 Å². The lowest BCUT2D eigenvalue weighted by Crippen LogP contribution is -2.44. The average molecular weight is 267 g/mol. The molecule has 1 rings (SSSR count). The van der Waals surface area contributed by atoms with Gasteiger partial charge < -0.3 is 10.0 Å². The number of nitrogens with zero attached hydrogens (tertiary/aromatic N) is 1. The molecule has 0 heterocycles. The van der Waals surface area contributed by atoms with Gasteiger partial charge in [-0.1, -0.05) is 26.0 Å². The minimum atomic E-state index is -0.868. The van der Waals surface area contributed by atoms with Crippen LogP contribution in [0.4, 0.5) is 0 Å². The van der Waals surface area contributed by atoms with Gasteiger partial charge in [-0.05, 0) is 32.1 Å². The summed E-state index contributed by atoms with van der Waals surface area (Å²) in [4.78, 5) is 25.4. The highest BCUT2D eigenvalue weighted by Crippen LogP contribution is 2.28. The molecule has 0 aliphatic heterocycles. The van der Waals surface area contributed by atoms with Crippen molar-refractivity contribution >= 4 is 11.9 Å². The highest BCUT2D eigenvalue weighted by Gasteiger charge is 2.36. The van der Waals surface area contributed by atoms with Crippen LogP contribution in [0.15, 0.2) is 12.2 Å². The monoisotopic (exact) mass is 267 g/mol. The van der Waals surface area contributed by atoms with Crippen molar-refractivity contribution in [2.75, 3.05) is 7.05 Å². The molecule has 1 N–H and O–H groups in total. The first kappa shape index (κ1) is 15.7. The van der Waals surface area contributed by atoms with Crippen molar-refractivity contribution in [1.82, 2.24) is 4.90 Å². The van der Waals surface area contributed by atoms with Crippen LogP contribution in [0.2, 0.25) is 0 Å². The summed E-state index contributed by atoms with van der Waals surface area (Å²) in [5.41, 5.74) is 0. The third kappa shape index (κ3) is 4.08. The number of carbonyl (C=O) groups is 2. The Morgan fingerprint density at radius 3 is 2.21 bits per heavy atom. The van der Waals surface area contributed by atoms with E-state index in [1.165, 1.54) is 0 Å². The number of aliphatic carboxylic acids is 1. The summed E-state index contributed by atoms with van der Waals surface area (Å²) < 4.78 is 0. The topological polar surface area (TPSA) is 57.6 Å². The second-order valence-corrected chi connectivity index (χ2v) is 5.92. The van der Waals surface area contributed by atoms with Gasteiger partial charge in [0.2, 0.25) is 5.91 Å². The molecule has 0 bridgehead atoms. The van der Waals surface area contributed by atoms with Gasteiger partial charge in [0, 0.05) is 13.1 Å². The number of hydrogen-bond acceptors (Lipinski definition) is 2. The maximum Gasteiger partial charge on any atom is 0.307 e. The van der Waals surface area contributed by atoms with Gasteiger partial charge in [0.15, 0.2) is 0 Å². The SMILES string of the molecule is CC(C)CC(C)N(C)C(=O)[C@@H]1CC=CC[C@@H]1C(=O)O. The quantitative estimate of drug-likeness (QED) is 0.779. The van der Waals surface area contributed by atoms with E-state index in [1.807, 2.05) is 19.1 Å². The van der Waals surface area contributed by atoms with E-state index >= 15 is 0 Å². The molecule has 0 aromatic carbocycles. The van der Waals surface area contributed by atoms with Crippen LogP contribution in [-0.4, -0.2) is 35.0 Å². The number of rotatable bonds is 5. The van der Waals surface area contributed by atoms with E-state index in [1.54, 1.807) is 11.9 Å². The number of amides is 1. The van der Waals surface area contributed by atoms with Crippen LogP contribution in [0.1, 0.15) is 40.0 Å².